The van der Waals surface area contributed by atoms with Crippen molar-refractivity contribution in [2.24, 2.45) is 0 Å². The fourth-order valence-electron chi connectivity index (χ4n) is 1.91. The van der Waals surface area contributed by atoms with Gasteiger partial charge in [0, 0.05) is 11.6 Å². The van der Waals surface area contributed by atoms with Gasteiger partial charge in [0.2, 0.25) is 0 Å². The van der Waals surface area contributed by atoms with E-state index in [1.54, 1.807) is 25.3 Å². The molecule has 0 aliphatic heterocycles. The number of aromatic nitrogens is 1. The molecule has 1 unspecified atom stereocenters. The molecule has 0 saturated heterocycles. The van der Waals surface area contributed by atoms with E-state index in [1.807, 2.05) is 6.92 Å². The summed E-state index contributed by atoms with van der Waals surface area (Å²) in [7, 11) is 3.07. The monoisotopic (exact) mass is 332 g/mol. The smallest absolute Gasteiger partial charge is 0.427 e. The molecular weight excluding hydrogens is 317 g/mol. The van der Waals surface area contributed by atoms with Crippen molar-refractivity contribution in [3.63, 3.8) is 0 Å². The van der Waals surface area contributed by atoms with Gasteiger partial charge in [0.25, 0.3) is 0 Å². The quantitative estimate of drug-likeness (QED) is 0.884. The molecule has 1 heterocycles. The first-order chi connectivity index (χ1) is 10.3. The molecule has 1 atom stereocenters. The Morgan fingerprint density at radius 3 is 2.50 bits per heavy atom. The molecule has 8 heteroatoms. The first kappa shape index (κ1) is 16.4. The van der Waals surface area contributed by atoms with Crippen molar-refractivity contribution < 1.29 is 22.6 Å². The van der Waals surface area contributed by atoms with E-state index in [-0.39, 0.29) is 11.2 Å². The molecule has 0 fully saturated rings. The van der Waals surface area contributed by atoms with E-state index < -0.39 is 11.1 Å². The van der Waals surface area contributed by atoms with Crippen LogP contribution in [0, 0.1) is 0 Å². The van der Waals surface area contributed by atoms with Gasteiger partial charge in [0.1, 0.15) is 16.4 Å². The topological polar surface area (TPSA) is 43.4 Å². The zero-order valence-corrected chi connectivity index (χ0v) is 13.0. The molecule has 1 N–H and O–H groups in total. The maximum atomic E-state index is 12.6. The van der Waals surface area contributed by atoms with E-state index in [0.29, 0.717) is 22.8 Å². The lowest BCUT2D eigenvalue weighted by Crippen LogP contribution is -2.08. The number of nitrogens with zero attached hydrogens (tertiary/aromatic N) is 1. The first-order valence-electron chi connectivity index (χ1n) is 6.36. The number of benzene rings is 1. The second kappa shape index (κ2) is 6.43. The lowest BCUT2D eigenvalue weighted by molar-refractivity contribution is -0.134. The lowest BCUT2D eigenvalue weighted by atomic mass is 10.1. The number of hydrogen-bond acceptors (Lipinski definition) is 5. The standard InChI is InChI=1S/C14H15F3N2O2S/c1-8(10-5-4-9(20-2)6-11(10)21-3)19-13-18-7-12(22-13)14(15,16)17/h4-8H,1-3H3,(H,18,19). The number of anilines is 1. The van der Waals surface area contributed by atoms with Crippen molar-refractivity contribution in [1.29, 1.82) is 0 Å². The Kier molecular flexibility index (Phi) is 4.80. The Labute approximate surface area is 129 Å². The zero-order valence-electron chi connectivity index (χ0n) is 12.2. The molecule has 2 rings (SSSR count). The van der Waals surface area contributed by atoms with Crippen molar-refractivity contribution in [3.8, 4) is 11.5 Å². The van der Waals surface area contributed by atoms with E-state index in [9.17, 15) is 13.2 Å². The Morgan fingerprint density at radius 2 is 1.95 bits per heavy atom. The second-order valence-electron chi connectivity index (χ2n) is 4.50. The highest BCUT2D eigenvalue weighted by Gasteiger charge is 2.33. The maximum absolute atomic E-state index is 12.6. The van der Waals surface area contributed by atoms with Crippen LogP contribution in [0.4, 0.5) is 18.3 Å². The summed E-state index contributed by atoms with van der Waals surface area (Å²) in [6, 6.07) is 5.01. The summed E-state index contributed by atoms with van der Waals surface area (Å²) < 4.78 is 48.1. The Hall–Kier alpha value is -1.96. The molecule has 0 aliphatic rings. The second-order valence-corrected chi connectivity index (χ2v) is 5.53. The van der Waals surface area contributed by atoms with Crippen LogP contribution in [0.1, 0.15) is 23.4 Å². The van der Waals surface area contributed by atoms with Gasteiger partial charge >= 0.3 is 6.18 Å². The summed E-state index contributed by atoms with van der Waals surface area (Å²) in [5.41, 5.74) is 0.798. The van der Waals surface area contributed by atoms with Gasteiger partial charge in [-0.25, -0.2) is 4.98 Å². The third-order valence-electron chi connectivity index (χ3n) is 3.03. The molecule has 120 valence electrons. The summed E-state index contributed by atoms with van der Waals surface area (Å²) in [5.74, 6) is 1.23. The number of ether oxygens (including phenoxy) is 2. The molecule has 1 aromatic heterocycles. The number of thiazole rings is 1. The van der Waals surface area contributed by atoms with Crippen LogP contribution in [0.3, 0.4) is 0 Å². The molecule has 0 radical (unpaired) electrons. The third-order valence-corrected chi connectivity index (χ3v) is 4.01. The van der Waals surface area contributed by atoms with Crippen LogP contribution in [0.25, 0.3) is 0 Å². The van der Waals surface area contributed by atoms with E-state index in [2.05, 4.69) is 10.3 Å². The molecule has 22 heavy (non-hydrogen) atoms. The molecule has 0 aliphatic carbocycles. The van der Waals surface area contributed by atoms with Gasteiger partial charge in [-0.05, 0) is 19.1 Å². The summed E-state index contributed by atoms with van der Waals surface area (Å²) in [6.45, 7) is 1.82. The van der Waals surface area contributed by atoms with E-state index in [0.717, 1.165) is 11.8 Å². The van der Waals surface area contributed by atoms with Crippen molar-refractivity contribution in [2.45, 2.75) is 19.1 Å². The molecule has 0 bridgehead atoms. The first-order valence-corrected chi connectivity index (χ1v) is 7.18. The van der Waals surface area contributed by atoms with Gasteiger partial charge in [-0.2, -0.15) is 13.2 Å². The number of rotatable bonds is 5. The zero-order chi connectivity index (χ0) is 16.3. The Morgan fingerprint density at radius 1 is 1.23 bits per heavy atom. The number of nitrogens with one attached hydrogen (secondary N) is 1. The fourth-order valence-corrected chi connectivity index (χ4v) is 2.68. The molecule has 4 nitrogen and oxygen atoms in total. The Balaban J connectivity index is 2.18. The highest BCUT2D eigenvalue weighted by Crippen LogP contribution is 2.37. The highest BCUT2D eigenvalue weighted by atomic mass is 32.1. The lowest BCUT2D eigenvalue weighted by Gasteiger charge is -2.17. The molecule has 0 spiro atoms. The van der Waals surface area contributed by atoms with E-state index in [4.69, 9.17) is 9.47 Å². The molecular formula is C14H15F3N2O2S. The van der Waals surface area contributed by atoms with Gasteiger partial charge < -0.3 is 14.8 Å². The average Bonchev–Trinajstić information content (AvgIpc) is 2.95. The normalized spacial score (nSPS) is 12.8. The molecule has 1 aromatic carbocycles. The van der Waals surface area contributed by atoms with Gasteiger partial charge in [-0.15, -0.1) is 0 Å². The van der Waals surface area contributed by atoms with Gasteiger partial charge in [-0.3, -0.25) is 0 Å². The number of methoxy groups -OCH3 is 2. The fraction of sp³-hybridized carbons (Fsp3) is 0.357. The largest absolute Gasteiger partial charge is 0.497 e. The van der Waals surface area contributed by atoms with Crippen LogP contribution in [0.2, 0.25) is 0 Å². The molecule has 0 saturated carbocycles. The summed E-state index contributed by atoms with van der Waals surface area (Å²) >= 11 is 0.571. The summed E-state index contributed by atoms with van der Waals surface area (Å²) in [5, 5.41) is 3.16. The van der Waals surface area contributed by atoms with Crippen LogP contribution >= 0.6 is 11.3 Å². The van der Waals surface area contributed by atoms with Crippen molar-refractivity contribution in [3.05, 3.63) is 34.8 Å². The average molecular weight is 332 g/mol. The molecule has 0 amide bonds. The molecule has 2 aromatic rings. The van der Waals surface area contributed by atoms with Crippen LogP contribution in [-0.2, 0) is 6.18 Å². The highest BCUT2D eigenvalue weighted by molar-refractivity contribution is 7.15. The van der Waals surface area contributed by atoms with Crippen LogP contribution in [0.15, 0.2) is 24.4 Å². The van der Waals surface area contributed by atoms with Crippen molar-refractivity contribution >= 4 is 16.5 Å². The SMILES string of the molecule is COc1ccc(C(C)Nc2ncc(C(F)(F)F)s2)c(OC)c1. The van der Waals surface area contributed by atoms with E-state index in [1.165, 1.54) is 7.11 Å². The minimum Gasteiger partial charge on any atom is -0.497 e. The van der Waals surface area contributed by atoms with Crippen LogP contribution < -0.4 is 14.8 Å². The number of alkyl halides is 3. The number of hydrogen-bond donors (Lipinski definition) is 1. The van der Waals surface area contributed by atoms with Gasteiger partial charge in [0.15, 0.2) is 5.13 Å². The number of halogens is 3. The van der Waals surface area contributed by atoms with Gasteiger partial charge in [0.05, 0.1) is 26.5 Å². The summed E-state index contributed by atoms with van der Waals surface area (Å²) in [6.07, 6.45) is -3.55. The minimum absolute atomic E-state index is 0.206. The van der Waals surface area contributed by atoms with Crippen molar-refractivity contribution in [1.82, 2.24) is 4.98 Å². The summed E-state index contributed by atoms with van der Waals surface area (Å²) in [4.78, 5) is 3.03. The Bertz CT molecular complexity index is 643. The van der Waals surface area contributed by atoms with Crippen molar-refractivity contribution in [2.75, 3.05) is 19.5 Å². The third kappa shape index (κ3) is 3.62. The minimum atomic E-state index is -4.38. The van der Waals surface area contributed by atoms with E-state index >= 15 is 0 Å². The van der Waals surface area contributed by atoms with Crippen LogP contribution in [-0.4, -0.2) is 19.2 Å². The van der Waals surface area contributed by atoms with Crippen LogP contribution in [0.5, 0.6) is 11.5 Å². The predicted octanol–water partition coefficient (Wildman–Crippen LogP) is 4.35. The maximum Gasteiger partial charge on any atom is 0.427 e. The predicted molar refractivity (Wildman–Crippen MR) is 78.7 cm³/mol. The van der Waals surface area contributed by atoms with Gasteiger partial charge in [-0.1, -0.05) is 11.3 Å².